The fourth-order valence-electron chi connectivity index (χ4n) is 1.39. The number of hydrogen-bond acceptors (Lipinski definition) is 3. The summed E-state index contributed by atoms with van der Waals surface area (Å²) in [4.78, 5) is 10.5. The maximum Gasteiger partial charge on any atom is 0.405 e. The zero-order valence-electron chi connectivity index (χ0n) is 9.67. The Hall–Kier alpha value is -1.59. The Morgan fingerprint density at radius 2 is 2.06 bits per heavy atom. The molecule has 0 heterocycles. The predicted molar refractivity (Wildman–Crippen MR) is 62.7 cm³/mol. The van der Waals surface area contributed by atoms with E-state index in [9.17, 15) is 4.79 Å². The van der Waals surface area contributed by atoms with E-state index >= 15 is 0 Å². The quantitative estimate of drug-likeness (QED) is 0.697. The zero-order valence-corrected chi connectivity index (χ0v) is 9.67. The van der Waals surface area contributed by atoms with E-state index in [1.807, 2.05) is 30.3 Å². The van der Waals surface area contributed by atoms with Crippen molar-refractivity contribution in [2.75, 3.05) is 6.61 Å². The van der Waals surface area contributed by atoms with Gasteiger partial charge in [-0.2, -0.15) is 0 Å². The van der Waals surface area contributed by atoms with Crippen LogP contribution in [0, 0.1) is 0 Å². The fourth-order valence-corrected chi connectivity index (χ4v) is 1.39. The summed E-state index contributed by atoms with van der Waals surface area (Å²) < 4.78 is 5.50. The van der Waals surface area contributed by atoms with Crippen molar-refractivity contribution in [3.05, 3.63) is 35.9 Å². The highest BCUT2D eigenvalue weighted by Gasteiger charge is 2.18. The Labute approximate surface area is 100 Å². The van der Waals surface area contributed by atoms with Gasteiger partial charge in [0, 0.05) is 0 Å². The van der Waals surface area contributed by atoms with Gasteiger partial charge in [0.25, 0.3) is 0 Å². The van der Waals surface area contributed by atoms with Crippen molar-refractivity contribution < 1.29 is 19.7 Å². The van der Waals surface area contributed by atoms with E-state index in [1.165, 1.54) is 0 Å². The van der Waals surface area contributed by atoms with Gasteiger partial charge in [-0.05, 0) is 12.5 Å². The minimum absolute atomic E-state index is 0.289. The molecule has 0 saturated heterocycles. The molecule has 0 bridgehead atoms. The number of nitrogens with one attached hydrogen (secondary N) is 1. The first-order valence-electron chi connectivity index (χ1n) is 5.39. The normalized spacial score (nSPS) is 14.0. The Morgan fingerprint density at radius 3 is 2.59 bits per heavy atom. The molecule has 1 aromatic carbocycles. The topological polar surface area (TPSA) is 78.8 Å². The molecule has 0 aromatic heterocycles. The van der Waals surface area contributed by atoms with Crippen LogP contribution >= 0.6 is 0 Å². The minimum atomic E-state index is -1.17. The second-order valence-corrected chi connectivity index (χ2v) is 3.74. The summed E-state index contributed by atoms with van der Waals surface area (Å²) in [6.07, 6.45) is -1.56. The van der Waals surface area contributed by atoms with Crippen molar-refractivity contribution in [3.63, 3.8) is 0 Å². The maximum atomic E-state index is 10.5. The lowest BCUT2D eigenvalue weighted by Crippen LogP contribution is -2.45. The molecule has 1 aromatic rings. The highest BCUT2D eigenvalue weighted by Crippen LogP contribution is 2.05. The molecule has 5 nitrogen and oxygen atoms in total. The number of carbonyl (C=O) groups is 1. The molecule has 0 fully saturated rings. The van der Waals surface area contributed by atoms with Crippen molar-refractivity contribution in [3.8, 4) is 0 Å². The Kier molecular flexibility index (Phi) is 5.45. The number of benzene rings is 1. The van der Waals surface area contributed by atoms with E-state index in [-0.39, 0.29) is 6.61 Å². The van der Waals surface area contributed by atoms with Crippen LogP contribution in [0.5, 0.6) is 0 Å². The van der Waals surface area contributed by atoms with Gasteiger partial charge in [-0.25, -0.2) is 4.79 Å². The van der Waals surface area contributed by atoms with Crippen LogP contribution in [0.2, 0.25) is 0 Å². The number of aliphatic hydroxyl groups is 1. The molecule has 0 radical (unpaired) electrons. The first-order valence-corrected chi connectivity index (χ1v) is 5.39. The highest BCUT2D eigenvalue weighted by molar-refractivity contribution is 5.64. The third kappa shape index (κ3) is 4.84. The second-order valence-electron chi connectivity index (χ2n) is 3.74. The van der Waals surface area contributed by atoms with Crippen molar-refractivity contribution in [2.45, 2.75) is 25.7 Å². The smallest absolute Gasteiger partial charge is 0.405 e. The van der Waals surface area contributed by atoms with Crippen molar-refractivity contribution in [1.29, 1.82) is 0 Å². The zero-order chi connectivity index (χ0) is 12.7. The van der Waals surface area contributed by atoms with Gasteiger partial charge in [0.15, 0.2) is 0 Å². The third-order valence-electron chi connectivity index (χ3n) is 2.43. The Morgan fingerprint density at radius 1 is 1.41 bits per heavy atom. The van der Waals surface area contributed by atoms with E-state index in [1.54, 1.807) is 6.92 Å². The summed E-state index contributed by atoms with van der Waals surface area (Å²) >= 11 is 0. The molecule has 3 N–H and O–H groups in total. The number of ether oxygens (including phenoxy) is 1. The van der Waals surface area contributed by atoms with E-state index in [2.05, 4.69) is 5.32 Å². The van der Waals surface area contributed by atoms with Crippen LogP contribution in [-0.2, 0) is 11.3 Å². The molecule has 17 heavy (non-hydrogen) atoms. The standard InChI is InChI=1S/C12H17NO4/c1-9(11(7-14)13-12(15)16)17-8-10-5-3-2-4-6-10/h2-6,9,11,13-14H,7-8H2,1H3,(H,15,16)/t9-,11-/m1/s1. The summed E-state index contributed by atoms with van der Waals surface area (Å²) in [7, 11) is 0. The Balaban J connectivity index is 2.42. The van der Waals surface area contributed by atoms with Crippen molar-refractivity contribution in [1.82, 2.24) is 5.32 Å². The molecular formula is C12H17NO4. The lowest BCUT2D eigenvalue weighted by molar-refractivity contribution is 0.0127. The number of rotatable bonds is 6. The lowest BCUT2D eigenvalue weighted by atomic mass is 10.2. The molecule has 94 valence electrons. The average Bonchev–Trinajstić information content (AvgIpc) is 2.34. The first kappa shape index (κ1) is 13.5. The molecule has 0 saturated carbocycles. The van der Waals surface area contributed by atoms with Gasteiger partial charge in [-0.3, -0.25) is 0 Å². The summed E-state index contributed by atoms with van der Waals surface area (Å²) in [6.45, 7) is 1.82. The summed E-state index contributed by atoms with van der Waals surface area (Å²) in [6, 6.07) is 8.95. The van der Waals surface area contributed by atoms with Crippen LogP contribution in [0.1, 0.15) is 12.5 Å². The molecular weight excluding hydrogens is 222 g/mol. The molecule has 0 aliphatic carbocycles. The van der Waals surface area contributed by atoms with Crippen LogP contribution in [0.15, 0.2) is 30.3 Å². The molecule has 1 amide bonds. The van der Waals surface area contributed by atoms with Gasteiger partial charge in [-0.15, -0.1) is 0 Å². The number of aliphatic hydroxyl groups excluding tert-OH is 1. The molecule has 5 heteroatoms. The largest absolute Gasteiger partial charge is 0.465 e. The van der Waals surface area contributed by atoms with E-state index in [0.29, 0.717) is 6.61 Å². The van der Waals surface area contributed by atoms with Crippen LogP contribution in [-0.4, -0.2) is 35.1 Å². The lowest BCUT2D eigenvalue weighted by Gasteiger charge is -2.22. The molecule has 0 aliphatic heterocycles. The molecule has 0 aliphatic rings. The minimum Gasteiger partial charge on any atom is -0.465 e. The molecule has 0 unspecified atom stereocenters. The predicted octanol–water partition coefficient (Wildman–Crippen LogP) is 1.22. The number of carboxylic acid groups (broad SMARTS) is 1. The van der Waals surface area contributed by atoms with Gasteiger partial charge in [0.2, 0.25) is 0 Å². The van der Waals surface area contributed by atoms with E-state index in [0.717, 1.165) is 5.56 Å². The van der Waals surface area contributed by atoms with Crippen LogP contribution in [0.25, 0.3) is 0 Å². The Bertz CT molecular complexity index is 342. The van der Waals surface area contributed by atoms with Crippen molar-refractivity contribution >= 4 is 6.09 Å². The van der Waals surface area contributed by atoms with Crippen LogP contribution in [0.3, 0.4) is 0 Å². The maximum absolute atomic E-state index is 10.5. The molecule has 1 rings (SSSR count). The molecule has 0 spiro atoms. The fraction of sp³-hybridized carbons (Fsp3) is 0.417. The average molecular weight is 239 g/mol. The summed E-state index contributed by atoms with van der Waals surface area (Å²) in [5, 5.41) is 19.8. The highest BCUT2D eigenvalue weighted by atomic mass is 16.5. The van der Waals surface area contributed by atoms with Crippen LogP contribution in [0.4, 0.5) is 4.79 Å². The van der Waals surface area contributed by atoms with E-state index < -0.39 is 18.2 Å². The summed E-state index contributed by atoms with van der Waals surface area (Å²) in [5.74, 6) is 0. The van der Waals surface area contributed by atoms with Gasteiger partial charge in [0.1, 0.15) is 0 Å². The SMILES string of the molecule is C[C@@H](OCc1ccccc1)[C@@H](CO)NC(=O)O. The van der Waals surface area contributed by atoms with Crippen LogP contribution < -0.4 is 5.32 Å². The van der Waals surface area contributed by atoms with Gasteiger partial charge in [0.05, 0.1) is 25.4 Å². The van der Waals surface area contributed by atoms with Gasteiger partial charge < -0.3 is 20.3 Å². The number of amides is 1. The number of hydrogen-bond donors (Lipinski definition) is 3. The van der Waals surface area contributed by atoms with E-state index in [4.69, 9.17) is 14.9 Å². The van der Waals surface area contributed by atoms with Gasteiger partial charge >= 0.3 is 6.09 Å². The second kappa shape index (κ2) is 6.88. The molecule has 2 atom stereocenters. The monoisotopic (exact) mass is 239 g/mol. The van der Waals surface area contributed by atoms with Gasteiger partial charge in [-0.1, -0.05) is 30.3 Å². The third-order valence-corrected chi connectivity index (χ3v) is 2.43. The first-order chi connectivity index (χ1) is 8.13. The van der Waals surface area contributed by atoms with Crippen molar-refractivity contribution in [2.24, 2.45) is 0 Å². The summed E-state index contributed by atoms with van der Waals surface area (Å²) in [5.41, 5.74) is 1.01.